The van der Waals surface area contributed by atoms with E-state index in [1.165, 1.54) is 0 Å². The first kappa shape index (κ1) is 16.5. The molecule has 3 aliphatic rings. The molecular formula is C20H22N2O2S. The highest BCUT2D eigenvalue weighted by Gasteiger charge is 2.53. The number of thioether (sulfide) groups is 1. The maximum Gasteiger partial charge on any atom is 0.224 e. The topological polar surface area (TPSA) is 50.7 Å². The fourth-order valence-electron chi connectivity index (χ4n) is 4.02. The Balaban J connectivity index is 1.46. The first-order valence-corrected chi connectivity index (χ1v) is 9.67. The Labute approximate surface area is 152 Å². The summed E-state index contributed by atoms with van der Waals surface area (Å²) in [5, 5.41) is 3.13. The maximum absolute atomic E-state index is 12.9. The average molecular weight is 354 g/mol. The Morgan fingerprint density at radius 2 is 2.36 bits per heavy atom. The van der Waals surface area contributed by atoms with Crippen LogP contribution in [-0.4, -0.2) is 35.8 Å². The second kappa shape index (κ2) is 6.71. The van der Waals surface area contributed by atoms with E-state index in [9.17, 15) is 4.79 Å². The van der Waals surface area contributed by atoms with Crippen LogP contribution in [0.2, 0.25) is 0 Å². The van der Waals surface area contributed by atoms with Gasteiger partial charge in [0.15, 0.2) is 0 Å². The average Bonchev–Trinajstić information content (AvgIpc) is 3.04. The lowest BCUT2D eigenvalue weighted by Gasteiger charge is -2.38. The van der Waals surface area contributed by atoms with E-state index in [1.807, 2.05) is 42.1 Å². The highest BCUT2D eigenvalue weighted by Crippen LogP contribution is 2.52. The Morgan fingerprint density at radius 3 is 3.24 bits per heavy atom. The van der Waals surface area contributed by atoms with Crippen LogP contribution in [0.3, 0.4) is 0 Å². The number of rotatable bonds is 4. The highest BCUT2D eigenvalue weighted by molar-refractivity contribution is 8.02. The smallest absolute Gasteiger partial charge is 0.224 e. The molecule has 5 heteroatoms. The minimum atomic E-state index is -0.0923. The fraction of sp³-hybridized carbons (Fsp3) is 0.400. The number of benzene rings is 1. The molecule has 1 fully saturated rings. The number of nitrogens with one attached hydrogen (secondary N) is 1. The van der Waals surface area contributed by atoms with Crippen LogP contribution in [0.5, 0.6) is 5.75 Å². The van der Waals surface area contributed by atoms with Crippen LogP contribution < -0.4 is 10.1 Å². The number of methoxy groups -OCH3 is 1. The second-order valence-corrected chi connectivity index (χ2v) is 7.96. The van der Waals surface area contributed by atoms with Crippen molar-refractivity contribution in [2.24, 2.45) is 16.8 Å². The minimum absolute atomic E-state index is 0.0391. The molecule has 1 aromatic rings. The SMILES string of the molecule is COc1cccc(CNC(=O)C2CSC34C=CC=CC3=NCCC24)c1. The third-order valence-electron chi connectivity index (χ3n) is 5.31. The van der Waals surface area contributed by atoms with Gasteiger partial charge in [-0.15, -0.1) is 11.8 Å². The van der Waals surface area contributed by atoms with Crippen molar-refractivity contribution in [3.63, 3.8) is 0 Å². The summed E-state index contributed by atoms with van der Waals surface area (Å²) in [5.74, 6) is 2.19. The predicted octanol–water partition coefficient (Wildman–Crippen LogP) is 3.00. The maximum atomic E-state index is 12.9. The molecule has 3 unspecified atom stereocenters. The van der Waals surface area contributed by atoms with Crippen molar-refractivity contribution in [3.8, 4) is 5.75 Å². The molecule has 4 nitrogen and oxygen atoms in total. The highest BCUT2D eigenvalue weighted by atomic mass is 32.2. The quantitative estimate of drug-likeness (QED) is 0.904. The van der Waals surface area contributed by atoms with Crippen LogP contribution in [0.25, 0.3) is 0 Å². The van der Waals surface area contributed by atoms with E-state index in [-0.39, 0.29) is 16.6 Å². The van der Waals surface area contributed by atoms with Gasteiger partial charge in [0.25, 0.3) is 0 Å². The van der Waals surface area contributed by atoms with E-state index in [1.54, 1.807) is 7.11 Å². The van der Waals surface area contributed by atoms with E-state index in [4.69, 9.17) is 9.73 Å². The summed E-state index contributed by atoms with van der Waals surface area (Å²) in [7, 11) is 1.65. The van der Waals surface area contributed by atoms with Crippen LogP contribution in [0.15, 0.2) is 53.6 Å². The van der Waals surface area contributed by atoms with Crippen molar-refractivity contribution >= 4 is 23.4 Å². The molecule has 3 atom stereocenters. The molecule has 2 aliphatic heterocycles. The molecule has 1 N–H and O–H groups in total. The van der Waals surface area contributed by atoms with Gasteiger partial charge >= 0.3 is 0 Å². The Morgan fingerprint density at radius 1 is 1.44 bits per heavy atom. The van der Waals surface area contributed by atoms with Crippen molar-refractivity contribution in [2.45, 2.75) is 17.7 Å². The van der Waals surface area contributed by atoms with Crippen molar-refractivity contribution in [2.75, 3.05) is 19.4 Å². The van der Waals surface area contributed by atoms with Crippen LogP contribution in [0.4, 0.5) is 0 Å². The lowest BCUT2D eigenvalue weighted by atomic mass is 9.74. The molecule has 4 rings (SSSR count). The number of carbonyl (C=O) groups excluding carboxylic acids is 1. The van der Waals surface area contributed by atoms with E-state index in [0.29, 0.717) is 12.5 Å². The molecule has 2 heterocycles. The molecule has 0 bridgehead atoms. The van der Waals surface area contributed by atoms with E-state index in [2.05, 4.69) is 23.5 Å². The summed E-state index contributed by atoms with van der Waals surface area (Å²) < 4.78 is 5.15. The van der Waals surface area contributed by atoms with E-state index in [0.717, 1.165) is 35.7 Å². The number of hydrogen-bond donors (Lipinski definition) is 1. The van der Waals surface area contributed by atoms with Gasteiger partial charge in [-0.1, -0.05) is 30.4 Å². The van der Waals surface area contributed by atoms with Gasteiger partial charge in [-0.3, -0.25) is 9.79 Å². The Hall–Kier alpha value is -2.01. The number of aliphatic imine (C=N–C) groups is 1. The molecule has 0 radical (unpaired) electrons. The summed E-state index contributed by atoms with van der Waals surface area (Å²) >= 11 is 1.87. The summed E-state index contributed by atoms with van der Waals surface area (Å²) in [4.78, 5) is 17.6. The number of nitrogens with zero attached hydrogens (tertiary/aromatic N) is 1. The molecule has 1 saturated heterocycles. The molecule has 0 saturated carbocycles. The van der Waals surface area contributed by atoms with E-state index >= 15 is 0 Å². The third kappa shape index (κ3) is 2.91. The van der Waals surface area contributed by atoms with Gasteiger partial charge in [0.2, 0.25) is 5.91 Å². The lowest BCUT2D eigenvalue weighted by Crippen LogP contribution is -2.46. The number of amides is 1. The first-order valence-electron chi connectivity index (χ1n) is 8.68. The van der Waals surface area contributed by atoms with Crippen molar-refractivity contribution in [1.29, 1.82) is 0 Å². The Bertz CT molecular complexity index is 771. The zero-order valence-electron chi connectivity index (χ0n) is 14.3. The number of carbonyl (C=O) groups is 1. The number of hydrogen-bond acceptors (Lipinski definition) is 4. The predicted molar refractivity (Wildman–Crippen MR) is 102 cm³/mol. The van der Waals surface area contributed by atoms with Gasteiger partial charge in [-0.2, -0.15) is 0 Å². The molecule has 0 aromatic heterocycles. The van der Waals surface area contributed by atoms with Crippen LogP contribution in [0, 0.1) is 11.8 Å². The van der Waals surface area contributed by atoms with Crippen molar-refractivity contribution in [1.82, 2.24) is 5.32 Å². The molecular weight excluding hydrogens is 332 g/mol. The third-order valence-corrected chi connectivity index (χ3v) is 6.96. The molecule has 1 amide bonds. The summed E-state index contributed by atoms with van der Waals surface area (Å²) in [6.45, 7) is 1.35. The summed E-state index contributed by atoms with van der Waals surface area (Å²) in [6.07, 6.45) is 9.47. The monoisotopic (exact) mass is 354 g/mol. The van der Waals surface area contributed by atoms with Gasteiger partial charge in [0, 0.05) is 18.8 Å². The van der Waals surface area contributed by atoms with Crippen molar-refractivity contribution in [3.05, 3.63) is 54.1 Å². The standard InChI is InChI=1S/C20H22N2O2S/c1-24-15-6-4-5-14(11-15)12-22-19(23)16-13-25-20-9-3-2-7-18(20)21-10-8-17(16)20/h2-7,9,11,16-17H,8,10,12-13H2,1H3,(H,22,23). The zero-order valence-corrected chi connectivity index (χ0v) is 15.1. The lowest BCUT2D eigenvalue weighted by molar-refractivity contribution is -0.125. The molecule has 25 heavy (non-hydrogen) atoms. The van der Waals surface area contributed by atoms with Gasteiger partial charge in [0.1, 0.15) is 5.75 Å². The minimum Gasteiger partial charge on any atom is -0.497 e. The summed E-state index contributed by atoms with van der Waals surface area (Å²) in [6, 6.07) is 7.83. The van der Waals surface area contributed by atoms with Gasteiger partial charge in [-0.25, -0.2) is 0 Å². The van der Waals surface area contributed by atoms with Gasteiger partial charge in [0.05, 0.1) is 23.5 Å². The normalized spacial score (nSPS) is 29.6. The van der Waals surface area contributed by atoms with Crippen LogP contribution in [0.1, 0.15) is 12.0 Å². The van der Waals surface area contributed by atoms with Crippen LogP contribution >= 0.6 is 11.8 Å². The second-order valence-electron chi connectivity index (χ2n) is 6.66. The van der Waals surface area contributed by atoms with Crippen molar-refractivity contribution < 1.29 is 9.53 Å². The van der Waals surface area contributed by atoms with Crippen LogP contribution in [-0.2, 0) is 11.3 Å². The van der Waals surface area contributed by atoms with E-state index < -0.39 is 0 Å². The zero-order chi connectivity index (χ0) is 17.3. The number of ether oxygens (including phenoxy) is 1. The molecule has 1 aromatic carbocycles. The number of allylic oxidation sites excluding steroid dienone is 3. The first-order chi connectivity index (χ1) is 12.2. The van der Waals surface area contributed by atoms with Gasteiger partial charge in [-0.05, 0) is 36.1 Å². The molecule has 1 aliphatic carbocycles. The summed E-state index contributed by atoms with van der Waals surface area (Å²) in [5.41, 5.74) is 2.19. The largest absolute Gasteiger partial charge is 0.497 e. The van der Waals surface area contributed by atoms with Gasteiger partial charge < -0.3 is 10.1 Å². The molecule has 130 valence electrons. The molecule has 1 spiro atoms. The fourth-order valence-corrected chi connectivity index (χ4v) is 5.81. The Kier molecular flexibility index (Phi) is 4.42.